The molecule has 0 unspecified atom stereocenters. The zero-order chi connectivity index (χ0) is 13.5. The van der Waals surface area contributed by atoms with E-state index in [1.54, 1.807) is 25.2 Å². The monoisotopic (exact) mass is 341 g/mol. The number of benzene rings is 1. The first-order valence-electron chi connectivity index (χ1n) is 6.04. The summed E-state index contributed by atoms with van der Waals surface area (Å²) in [6.45, 7) is 1.64. The van der Waals surface area contributed by atoms with Crippen LogP contribution in [0.1, 0.15) is 12.0 Å². The Balaban J connectivity index is 1.93. The van der Waals surface area contributed by atoms with Crippen LogP contribution in [-0.4, -0.2) is 28.5 Å². The van der Waals surface area contributed by atoms with Crippen LogP contribution >= 0.6 is 27.7 Å². The number of aryl methyl sites for hydroxylation is 1. The third-order valence-electron chi connectivity index (χ3n) is 2.64. The maximum Gasteiger partial charge on any atom is 0.191 e. The molecular weight excluding hydrogens is 326 g/mol. The van der Waals surface area contributed by atoms with E-state index < -0.39 is 0 Å². The zero-order valence-electron chi connectivity index (χ0n) is 10.8. The fraction of sp³-hybridized carbons (Fsp3) is 0.385. The molecule has 0 saturated carbocycles. The predicted octanol–water partition coefficient (Wildman–Crippen LogP) is 3.37. The number of methoxy groups -OCH3 is 1. The Labute approximate surface area is 125 Å². The molecule has 0 atom stereocenters. The molecular formula is C13H16BrN3OS. The second-order valence-corrected chi connectivity index (χ2v) is 5.83. The second-order valence-electron chi connectivity index (χ2n) is 4.03. The molecule has 2 aromatic rings. The van der Waals surface area contributed by atoms with Gasteiger partial charge in [0, 0.05) is 30.5 Å². The van der Waals surface area contributed by atoms with Crippen LogP contribution < -0.4 is 0 Å². The Morgan fingerprint density at radius 1 is 1.37 bits per heavy atom. The quantitative estimate of drug-likeness (QED) is 0.571. The van der Waals surface area contributed by atoms with Crippen molar-refractivity contribution in [1.29, 1.82) is 0 Å². The third kappa shape index (κ3) is 4.33. The fourth-order valence-corrected chi connectivity index (χ4v) is 3.20. The normalized spacial score (nSPS) is 10.8. The molecule has 0 amide bonds. The third-order valence-corrected chi connectivity index (χ3v) is 4.45. The van der Waals surface area contributed by atoms with Crippen LogP contribution in [0.25, 0.3) is 0 Å². The molecule has 2 rings (SSSR count). The van der Waals surface area contributed by atoms with E-state index in [9.17, 15) is 0 Å². The van der Waals surface area contributed by atoms with Crippen molar-refractivity contribution in [1.82, 2.24) is 14.8 Å². The van der Waals surface area contributed by atoms with E-state index in [1.165, 1.54) is 5.56 Å². The highest BCUT2D eigenvalue weighted by atomic mass is 79.9. The van der Waals surface area contributed by atoms with E-state index in [0.717, 1.165) is 35.0 Å². The Kier molecular flexibility index (Phi) is 5.88. The maximum absolute atomic E-state index is 5.06. The summed E-state index contributed by atoms with van der Waals surface area (Å²) < 4.78 is 8.26. The molecule has 19 heavy (non-hydrogen) atoms. The average molecular weight is 342 g/mol. The summed E-state index contributed by atoms with van der Waals surface area (Å²) in [7, 11) is 1.72. The van der Waals surface area contributed by atoms with Gasteiger partial charge in [0.05, 0.1) is 0 Å². The first-order valence-corrected chi connectivity index (χ1v) is 7.82. The number of halogens is 1. The summed E-state index contributed by atoms with van der Waals surface area (Å²) in [6, 6.07) is 8.23. The summed E-state index contributed by atoms with van der Waals surface area (Å²) in [5.41, 5.74) is 1.26. The Morgan fingerprint density at radius 2 is 2.21 bits per heavy atom. The van der Waals surface area contributed by atoms with Gasteiger partial charge >= 0.3 is 0 Å². The Bertz CT molecular complexity index is 518. The number of hydrogen-bond donors (Lipinski definition) is 0. The number of aromatic nitrogens is 3. The molecule has 0 aliphatic heterocycles. The highest BCUT2D eigenvalue weighted by Crippen LogP contribution is 2.25. The molecule has 0 spiro atoms. The lowest BCUT2D eigenvalue weighted by Gasteiger charge is -2.06. The highest BCUT2D eigenvalue weighted by molar-refractivity contribution is 9.10. The molecule has 0 bridgehead atoms. The summed E-state index contributed by atoms with van der Waals surface area (Å²) in [4.78, 5) is 0. The van der Waals surface area contributed by atoms with Crippen LogP contribution in [0.5, 0.6) is 0 Å². The summed E-state index contributed by atoms with van der Waals surface area (Å²) in [5.74, 6) is 0.879. The molecule has 1 aromatic heterocycles. The van der Waals surface area contributed by atoms with Gasteiger partial charge in [0.15, 0.2) is 5.16 Å². The summed E-state index contributed by atoms with van der Waals surface area (Å²) >= 11 is 5.26. The van der Waals surface area contributed by atoms with Gasteiger partial charge in [-0.1, -0.05) is 45.9 Å². The van der Waals surface area contributed by atoms with E-state index >= 15 is 0 Å². The molecule has 0 radical (unpaired) electrons. The van der Waals surface area contributed by atoms with Gasteiger partial charge in [-0.15, -0.1) is 10.2 Å². The lowest BCUT2D eigenvalue weighted by Crippen LogP contribution is -2.02. The van der Waals surface area contributed by atoms with Gasteiger partial charge in [0.2, 0.25) is 0 Å². The minimum Gasteiger partial charge on any atom is -0.385 e. The molecule has 1 heterocycles. The van der Waals surface area contributed by atoms with Crippen molar-refractivity contribution in [3.8, 4) is 0 Å². The number of thioether (sulfide) groups is 1. The first kappa shape index (κ1) is 14.6. The molecule has 0 N–H and O–H groups in total. The summed E-state index contributed by atoms with van der Waals surface area (Å²) in [6.07, 6.45) is 2.75. The molecule has 6 heteroatoms. The average Bonchev–Trinajstić information content (AvgIpc) is 2.86. The van der Waals surface area contributed by atoms with Crippen LogP contribution in [-0.2, 0) is 17.0 Å². The summed E-state index contributed by atoms with van der Waals surface area (Å²) in [5, 5.41) is 9.09. The van der Waals surface area contributed by atoms with Crippen molar-refractivity contribution in [3.63, 3.8) is 0 Å². The van der Waals surface area contributed by atoms with Gasteiger partial charge in [-0.3, -0.25) is 0 Å². The largest absolute Gasteiger partial charge is 0.385 e. The van der Waals surface area contributed by atoms with Crippen molar-refractivity contribution in [2.75, 3.05) is 13.7 Å². The van der Waals surface area contributed by atoms with Crippen LogP contribution in [0.4, 0.5) is 0 Å². The van der Waals surface area contributed by atoms with Gasteiger partial charge < -0.3 is 9.30 Å². The smallest absolute Gasteiger partial charge is 0.191 e. The van der Waals surface area contributed by atoms with Crippen molar-refractivity contribution in [3.05, 3.63) is 40.6 Å². The maximum atomic E-state index is 5.06. The fourth-order valence-electron chi connectivity index (χ4n) is 1.65. The van der Waals surface area contributed by atoms with Gasteiger partial charge in [0.1, 0.15) is 6.33 Å². The topological polar surface area (TPSA) is 39.9 Å². The lowest BCUT2D eigenvalue weighted by molar-refractivity contribution is 0.189. The van der Waals surface area contributed by atoms with Gasteiger partial charge in [-0.05, 0) is 18.1 Å². The van der Waals surface area contributed by atoms with E-state index in [0.29, 0.717) is 0 Å². The molecule has 0 aliphatic carbocycles. The lowest BCUT2D eigenvalue weighted by atomic mass is 10.2. The molecule has 0 fully saturated rings. The van der Waals surface area contributed by atoms with Crippen molar-refractivity contribution < 1.29 is 4.74 Å². The van der Waals surface area contributed by atoms with Gasteiger partial charge in [-0.2, -0.15) is 0 Å². The Hall–Kier alpha value is -0.850. The first-order chi connectivity index (χ1) is 9.31. The standard InChI is InChI=1S/C13H16BrN3OS/c1-18-8-4-7-17-10-15-16-13(17)19-9-11-5-2-3-6-12(11)14/h2-3,5-6,10H,4,7-9H2,1H3. The van der Waals surface area contributed by atoms with Crippen molar-refractivity contribution in [2.45, 2.75) is 23.9 Å². The van der Waals surface area contributed by atoms with Crippen molar-refractivity contribution in [2.24, 2.45) is 0 Å². The van der Waals surface area contributed by atoms with Gasteiger partial charge in [-0.25, -0.2) is 0 Å². The second kappa shape index (κ2) is 7.67. The Morgan fingerprint density at radius 3 is 3.00 bits per heavy atom. The minimum atomic E-state index is 0.756. The van der Waals surface area contributed by atoms with E-state index in [2.05, 4.69) is 42.8 Å². The molecule has 0 aliphatic rings. The van der Waals surface area contributed by atoms with E-state index in [-0.39, 0.29) is 0 Å². The predicted molar refractivity (Wildman–Crippen MR) is 80.2 cm³/mol. The number of ether oxygens (including phenoxy) is 1. The number of hydrogen-bond acceptors (Lipinski definition) is 4. The number of rotatable bonds is 7. The van der Waals surface area contributed by atoms with Crippen LogP contribution in [0.3, 0.4) is 0 Å². The van der Waals surface area contributed by atoms with E-state index in [1.807, 2.05) is 12.1 Å². The molecule has 102 valence electrons. The van der Waals surface area contributed by atoms with E-state index in [4.69, 9.17) is 4.74 Å². The zero-order valence-corrected chi connectivity index (χ0v) is 13.2. The SMILES string of the molecule is COCCCn1cnnc1SCc1ccccc1Br. The van der Waals surface area contributed by atoms with Crippen LogP contribution in [0, 0.1) is 0 Å². The molecule has 4 nitrogen and oxygen atoms in total. The minimum absolute atomic E-state index is 0.756. The number of nitrogens with zero attached hydrogens (tertiary/aromatic N) is 3. The van der Waals surface area contributed by atoms with Crippen LogP contribution in [0.15, 0.2) is 40.2 Å². The van der Waals surface area contributed by atoms with Crippen LogP contribution in [0.2, 0.25) is 0 Å². The van der Waals surface area contributed by atoms with Crippen molar-refractivity contribution >= 4 is 27.7 Å². The highest BCUT2D eigenvalue weighted by Gasteiger charge is 2.06. The molecule has 0 saturated heterocycles. The molecule has 1 aromatic carbocycles. The van der Waals surface area contributed by atoms with Gasteiger partial charge in [0.25, 0.3) is 0 Å².